The Hall–Kier alpha value is -1.56. The fourth-order valence-electron chi connectivity index (χ4n) is 2.99. The van der Waals surface area contributed by atoms with Crippen LogP contribution in [0.4, 0.5) is 0 Å². The van der Waals surface area contributed by atoms with Crippen LogP contribution < -0.4 is 11.1 Å². The molecule has 0 aliphatic heterocycles. The highest BCUT2D eigenvalue weighted by Crippen LogP contribution is 2.37. The van der Waals surface area contributed by atoms with E-state index in [1.54, 1.807) is 11.3 Å². The van der Waals surface area contributed by atoms with E-state index in [0.717, 1.165) is 25.7 Å². The summed E-state index contributed by atoms with van der Waals surface area (Å²) in [5.41, 5.74) is 5.00. The molecule has 21 heavy (non-hydrogen) atoms. The van der Waals surface area contributed by atoms with Crippen molar-refractivity contribution in [2.24, 2.45) is 16.3 Å². The Morgan fingerprint density at radius 3 is 2.81 bits per heavy atom. The van der Waals surface area contributed by atoms with Crippen LogP contribution in [0.3, 0.4) is 0 Å². The van der Waals surface area contributed by atoms with Gasteiger partial charge in [-0.15, -0.1) is 11.3 Å². The number of nitrogens with zero attached hydrogens (tertiary/aromatic N) is 1. The smallest absolute Gasteiger partial charge is 0.234 e. The van der Waals surface area contributed by atoms with Gasteiger partial charge in [-0.05, 0) is 31.2 Å². The number of nitrogens with two attached hydrogens (primary N) is 1. The summed E-state index contributed by atoms with van der Waals surface area (Å²) in [6, 6.07) is 4.10. The lowest BCUT2D eigenvalue weighted by atomic mass is 9.72. The first-order valence-corrected chi connectivity index (χ1v) is 8.28. The molecule has 4 N–H and O–H groups in total. The summed E-state index contributed by atoms with van der Waals surface area (Å²) in [5, 5.41) is 17.2. The van der Waals surface area contributed by atoms with Crippen molar-refractivity contribution in [2.75, 3.05) is 0 Å². The van der Waals surface area contributed by atoms with E-state index in [-0.39, 0.29) is 17.8 Å². The molecule has 0 spiro atoms. The topological polar surface area (TPSA) is 87.7 Å². The fourth-order valence-corrected chi connectivity index (χ4v) is 3.83. The highest BCUT2D eigenvalue weighted by Gasteiger charge is 2.44. The van der Waals surface area contributed by atoms with Gasteiger partial charge in [-0.1, -0.05) is 30.5 Å². The number of thiophene rings is 1. The lowest BCUT2D eigenvalue weighted by Crippen LogP contribution is -2.53. The Bertz CT molecular complexity index is 493. The summed E-state index contributed by atoms with van der Waals surface area (Å²) >= 11 is 1.68. The molecule has 1 aromatic heterocycles. The van der Waals surface area contributed by atoms with Crippen LogP contribution in [-0.4, -0.2) is 23.0 Å². The zero-order valence-electron chi connectivity index (χ0n) is 12.3. The number of amides is 1. The zero-order chi connectivity index (χ0) is 15.3. The van der Waals surface area contributed by atoms with Gasteiger partial charge in [-0.2, -0.15) is 0 Å². The van der Waals surface area contributed by atoms with E-state index >= 15 is 0 Å². The Morgan fingerprint density at radius 1 is 1.52 bits per heavy atom. The Labute approximate surface area is 129 Å². The molecule has 2 rings (SSSR count). The first-order chi connectivity index (χ1) is 10.1. The maximum absolute atomic E-state index is 12.7. The second-order valence-electron chi connectivity index (χ2n) is 5.79. The average Bonchev–Trinajstić information content (AvgIpc) is 2.99. The third-order valence-corrected chi connectivity index (χ3v) is 5.10. The van der Waals surface area contributed by atoms with E-state index in [1.807, 2.05) is 18.4 Å². The van der Waals surface area contributed by atoms with Crippen LogP contribution >= 0.6 is 11.3 Å². The van der Waals surface area contributed by atoms with Crippen molar-refractivity contribution in [3.63, 3.8) is 0 Å². The molecule has 1 aromatic rings. The second kappa shape index (κ2) is 6.93. The van der Waals surface area contributed by atoms with E-state index in [4.69, 9.17) is 10.9 Å². The predicted octanol–water partition coefficient (Wildman–Crippen LogP) is 2.49. The molecule has 1 aliphatic rings. The molecule has 1 atom stereocenters. The van der Waals surface area contributed by atoms with Crippen molar-refractivity contribution in [2.45, 2.75) is 51.5 Å². The Balaban J connectivity index is 2.04. The lowest BCUT2D eigenvalue weighted by Gasteiger charge is -2.35. The molecule has 0 aromatic carbocycles. The van der Waals surface area contributed by atoms with Gasteiger partial charge in [0.2, 0.25) is 5.91 Å². The van der Waals surface area contributed by atoms with E-state index < -0.39 is 5.41 Å². The predicted molar refractivity (Wildman–Crippen MR) is 84.6 cm³/mol. The molecule has 1 heterocycles. The van der Waals surface area contributed by atoms with Crippen molar-refractivity contribution in [1.29, 1.82) is 0 Å². The van der Waals surface area contributed by atoms with Crippen molar-refractivity contribution in [1.82, 2.24) is 5.32 Å². The summed E-state index contributed by atoms with van der Waals surface area (Å²) in [5.74, 6) is -0.0652. The van der Waals surface area contributed by atoms with Crippen LogP contribution in [0.5, 0.6) is 0 Å². The molecular weight excluding hydrogens is 286 g/mol. The first kappa shape index (κ1) is 15.8. The quantitative estimate of drug-likeness (QED) is 0.338. The van der Waals surface area contributed by atoms with Crippen molar-refractivity contribution >= 4 is 23.1 Å². The zero-order valence-corrected chi connectivity index (χ0v) is 13.2. The number of carbonyl (C=O) groups excluding carboxylic acids is 1. The van der Waals surface area contributed by atoms with E-state index in [1.165, 1.54) is 4.88 Å². The van der Waals surface area contributed by atoms with Crippen molar-refractivity contribution < 1.29 is 10.0 Å². The lowest BCUT2D eigenvalue weighted by molar-refractivity contribution is -0.129. The van der Waals surface area contributed by atoms with E-state index in [0.29, 0.717) is 12.8 Å². The van der Waals surface area contributed by atoms with Crippen molar-refractivity contribution in [3.05, 3.63) is 22.4 Å². The number of hydrogen-bond donors (Lipinski definition) is 3. The van der Waals surface area contributed by atoms with Crippen LogP contribution in [0.15, 0.2) is 22.7 Å². The standard InChI is InChI=1S/C15H23N3O2S/c1-11(10-12-6-5-9-21-12)17-14(19)15(13(16)18-20)7-3-2-4-8-15/h5-6,9,11,20H,2-4,7-8,10H2,1H3,(H2,16,18)(H,17,19). The normalized spacial score (nSPS) is 20.0. The second-order valence-corrected chi connectivity index (χ2v) is 6.82. The molecule has 1 saturated carbocycles. The molecule has 116 valence electrons. The highest BCUT2D eigenvalue weighted by atomic mass is 32.1. The van der Waals surface area contributed by atoms with Gasteiger partial charge in [0.05, 0.1) is 0 Å². The summed E-state index contributed by atoms with van der Waals surface area (Å²) in [7, 11) is 0. The Morgan fingerprint density at radius 2 is 2.24 bits per heavy atom. The molecule has 1 fully saturated rings. The largest absolute Gasteiger partial charge is 0.409 e. The van der Waals surface area contributed by atoms with E-state index in [9.17, 15) is 4.79 Å². The van der Waals surface area contributed by atoms with Gasteiger partial charge in [0.1, 0.15) is 5.41 Å². The van der Waals surface area contributed by atoms with Gasteiger partial charge in [0.25, 0.3) is 0 Å². The number of oxime groups is 1. The van der Waals surface area contributed by atoms with Crippen LogP contribution in [0.2, 0.25) is 0 Å². The van der Waals surface area contributed by atoms with Crippen LogP contribution in [0.1, 0.15) is 43.9 Å². The molecule has 1 aliphatic carbocycles. The molecule has 0 bridgehead atoms. The van der Waals surface area contributed by atoms with Crippen LogP contribution in [0.25, 0.3) is 0 Å². The minimum atomic E-state index is -0.837. The minimum Gasteiger partial charge on any atom is -0.409 e. The Kier molecular flexibility index (Phi) is 5.22. The fraction of sp³-hybridized carbons (Fsp3) is 0.600. The number of nitrogens with one attached hydrogen (secondary N) is 1. The molecular formula is C15H23N3O2S. The van der Waals surface area contributed by atoms with E-state index in [2.05, 4.69) is 16.5 Å². The average molecular weight is 309 g/mol. The molecule has 1 unspecified atom stereocenters. The molecule has 5 nitrogen and oxygen atoms in total. The van der Waals surface area contributed by atoms with Gasteiger partial charge < -0.3 is 16.3 Å². The summed E-state index contributed by atoms with van der Waals surface area (Å²) in [6.07, 6.45) is 5.07. The summed E-state index contributed by atoms with van der Waals surface area (Å²) < 4.78 is 0. The van der Waals surface area contributed by atoms with Gasteiger partial charge in [-0.3, -0.25) is 4.79 Å². The SMILES string of the molecule is CC(Cc1cccs1)NC(=O)C1(C(N)=NO)CCCCC1. The number of rotatable bonds is 5. The van der Waals surface area contributed by atoms with Gasteiger partial charge in [-0.25, -0.2) is 0 Å². The molecule has 1 amide bonds. The van der Waals surface area contributed by atoms with Crippen LogP contribution in [0, 0.1) is 5.41 Å². The third-order valence-electron chi connectivity index (χ3n) is 4.20. The molecule has 0 saturated heterocycles. The van der Waals surface area contributed by atoms with Crippen LogP contribution in [-0.2, 0) is 11.2 Å². The molecule has 6 heteroatoms. The number of hydrogen-bond acceptors (Lipinski definition) is 4. The minimum absolute atomic E-state index is 0.0291. The third kappa shape index (κ3) is 3.56. The summed E-state index contributed by atoms with van der Waals surface area (Å²) in [6.45, 7) is 1.99. The van der Waals surface area contributed by atoms with Crippen molar-refractivity contribution in [3.8, 4) is 0 Å². The van der Waals surface area contributed by atoms with Gasteiger partial charge in [0, 0.05) is 17.3 Å². The number of carbonyl (C=O) groups is 1. The highest BCUT2D eigenvalue weighted by molar-refractivity contribution is 7.09. The molecule has 0 radical (unpaired) electrons. The monoisotopic (exact) mass is 309 g/mol. The summed E-state index contributed by atoms with van der Waals surface area (Å²) in [4.78, 5) is 13.9. The maximum atomic E-state index is 12.7. The number of amidine groups is 1. The first-order valence-electron chi connectivity index (χ1n) is 7.40. The van der Waals surface area contributed by atoms with Gasteiger partial charge >= 0.3 is 0 Å². The van der Waals surface area contributed by atoms with Gasteiger partial charge in [0.15, 0.2) is 5.84 Å². The maximum Gasteiger partial charge on any atom is 0.234 e.